The Balaban J connectivity index is 3.33. The van der Waals surface area contributed by atoms with Gasteiger partial charge in [-0.25, -0.2) is 8.42 Å². The summed E-state index contributed by atoms with van der Waals surface area (Å²) in [6.07, 6.45) is 4.22. The molecule has 0 atom stereocenters. The number of nitrogens with zero attached hydrogens (tertiary/aromatic N) is 1. The van der Waals surface area contributed by atoms with Crippen molar-refractivity contribution in [1.29, 1.82) is 0 Å². The van der Waals surface area contributed by atoms with Gasteiger partial charge in [-0.05, 0) is 12.5 Å². The van der Waals surface area contributed by atoms with E-state index in [1.54, 1.807) is 0 Å². The lowest BCUT2D eigenvalue weighted by Crippen LogP contribution is -2.26. The summed E-state index contributed by atoms with van der Waals surface area (Å²) in [6, 6.07) is 1.21. The minimum atomic E-state index is -3.52. The molecule has 0 aliphatic heterocycles. The van der Waals surface area contributed by atoms with E-state index in [0.29, 0.717) is 6.54 Å². The molecule has 6 heteroatoms. The van der Waals surface area contributed by atoms with Gasteiger partial charge in [0.1, 0.15) is 4.90 Å². The molecule has 0 bridgehead atoms. The summed E-state index contributed by atoms with van der Waals surface area (Å²) in [5.74, 6) is 0. The first-order valence-electron chi connectivity index (χ1n) is 5.06. The van der Waals surface area contributed by atoms with E-state index >= 15 is 0 Å². The number of hydrogen-bond acceptors (Lipinski definition) is 4. The molecule has 5 nitrogen and oxygen atoms in total. The van der Waals surface area contributed by atoms with Crippen LogP contribution in [0.25, 0.3) is 0 Å². The zero-order valence-corrected chi connectivity index (χ0v) is 10.3. The van der Waals surface area contributed by atoms with Gasteiger partial charge in [0.25, 0.3) is 5.56 Å². The summed E-state index contributed by atoms with van der Waals surface area (Å²) in [5.41, 5.74) is 5.37. The summed E-state index contributed by atoms with van der Waals surface area (Å²) >= 11 is 0. The minimum absolute atomic E-state index is 0.233. The predicted molar refractivity (Wildman–Crippen MR) is 63.1 cm³/mol. The Hall–Kier alpha value is -1.30. The van der Waals surface area contributed by atoms with Gasteiger partial charge in [0.15, 0.2) is 9.84 Å². The Morgan fingerprint density at radius 1 is 1.44 bits per heavy atom. The van der Waals surface area contributed by atoms with Gasteiger partial charge in [0, 0.05) is 24.7 Å². The van der Waals surface area contributed by atoms with Crippen molar-refractivity contribution in [1.82, 2.24) is 4.57 Å². The highest BCUT2D eigenvalue weighted by molar-refractivity contribution is 7.90. The Morgan fingerprint density at radius 2 is 2.06 bits per heavy atom. The van der Waals surface area contributed by atoms with Gasteiger partial charge in [0.05, 0.1) is 0 Å². The number of pyridine rings is 1. The molecule has 0 saturated heterocycles. The molecule has 0 fully saturated rings. The summed E-state index contributed by atoms with van der Waals surface area (Å²) in [7, 11) is -3.52. The van der Waals surface area contributed by atoms with Crippen molar-refractivity contribution in [2.75, 3.05) is 12.0 Å². The number of nitrogen functional groups attached to an aromatic ring is 1. The molecule has 1 aromatic heterocycles. The number of aromatic nitrogens is 1. The molecule has 0 amide bonds. The van der Waals surface area contributed by atoms with E-state index in [1.807, 2.05) is 6.92 Å². The number of aryl methyl sites for hydroxylation is 1. The maximum absolute atomic E-state index is 11.8. The summed E-state index contributed by atoms with van der Waals surface area (Å²) in [4.78, 5) is 11.6. The summed E-state index contributed by atoms with van der Waals surface area (Å²) in [6.45, 7) is 2.48. The molecule has 2 N–H and O–H groups in total. The molecule has 1 heterocycles. The Kier molecular flexibility index (Phi) is 3.74. The molecule has 0 spiro atoms. The third kappa shape index (κ3) is 2.85. The standard InChI is InChI=1S/C10H16N2O3S/c1-3-4-5-12-7-8(11)6-9(10(12)13)16(2,14)15/h6-7H,3-5,11H2,1-2H3. The van der Waals surface area contributed by atoms with Crippen LogP contribution in [0.15, 0.2) is 22.0 Å². The van der Waals surface area contributed by atoms with Crippen molar-refractivity contribution in [3.8, 4) is 0 Å². The molecule has 90 valence electrons. The van der Waals surface area contributed by atoms with Crippen molar-refractivity contribution < 1.29 is 8.42 Å². The fourth-order valence-electron chi connectivity index (χ4n) is 1.39. The Morgan fingerprint density at radius 3 is 2.56 bits per heavy atom. The van der Waals surface area contributed by atoms with Crippen LogP contribution in [0.2, 0.25) is 0 Å². The lowest BCUT2D eigenvalue weighted by molar-refractivity contribution is 0.585. The maximum Gasteiger partial charge on any atom is 0.269 e. The first-order chi connectivity index (χ1) is 7.36. The molecule has 0 aliphatic carbocycles. The molecule has 0 aliphatic rings. The maximum atomic E-state index is 11.8. The van der Waals surface area contributed by atoms with E-state index in [1.165, 1.54) is 16.8 Å². The number of sulfone groups is 1. The second-order valence-electron chi connectivity index (χ2n) is 3.76. The average Bonchev–Trinajstić information content (AvgIpc) is 2.17. The number of unbranched alkanes of at least 4 members (excludes halogenated alkanes) is 1. The predicted octanol–water partition coefficient (Wildman–Crippen LogP) is 0.634. The topological polar surface area (TPSA) is 82.2 Å². The van der Waals surface area contributed by atoms with E-state index in [4.69, 9.17) is 5.73 Å². The average molecular weight is 244 g/mol. The van der Waals surface area contributed by atoms with Gasteiger partial charge >= 0.3 is 0 Å². The normalized spacial score (nSPS) is 11.6. The molecular formula is C10H16N2O3S. The third-order valence-electron chi connectivity index (χ3n) is 2.23. The number of nitrogens with two attached hydrogens (primary N) is 1. The zero-order chi connectivity index (χ0) is 12.3. The SMILES string of the molecule is CCCCn1cc(N)cc(S(C)(=O)=O)c1=O. The van der Waals surface area contributed by atoms with Crippen LogP contribution in [-0.4, -0.2) is 19.2 Å². The number of anilines is 1. The highest BCUT2D eigenvalue weighted by atomic mass is 32.2. The Bertz CT molecular complexity index is 531. The van der Waals surface area contributed by atoms with Gasteiger partial charge in [-0.3, -0.25) is 4.79 Å². The van der Waals surface area contributed by atoms with Crippen LogP contribution in [0.3, 0.4) is 0 Å². The lowest BCUT2D eigenvalue weighted by atomic mass is 10.3. The minimum Gasteiger partial charge on any atom is -0.398 e. The molecule has 0 aromatic carbocycles. The summed E-state index contributed by atoms with van der Waals surface area (Å²) in [5, 5.41) is 0. The molecule has 16 heavy (non-hydrogen) atoms. The van der Waals surface area contributed by atoms with Crippen LogP contribution in [0.1, 0.15) is 19.8 Å². The molecule has 1 aromatic rings. The first-order valence-corrected chi connectivity index (χ1v) is 6.95. The first kappa shape index (κ1) is 12.8. The molecule has 1 rings (SSSR count). The fraction of sp³-hybridized carbons (Fsp3) is 0.500. The van der Waals surface area contributed by atoms with E-state index < -0.39 is 15.4 Å². The van der Waals surface area contributed by atoms with Crippen LogP contribution in [-0.2, 0) is 16.4 Å². The second kappa shape index (κ2) is 4.69. The highest BCUT2D eigenvalue weighted by Crippen LogP contribution is 2.08. The quantitative estimate of drug-likeness (QED) is 0.842. The van der Waals surface area contributed by atoms with Crippen molar-refractivity contribution in [3.63, 3.8) is 0 Å². The zero-order valence-electron chi connectivity index (χ0n) is 9.43. The molecule has 0 saturated carbocycles. The van der Waals surface area contributed by atoms with Crippen LogP contribution in [0, 0.1) is 0 Å². The van der Waals surface area contributed by atoms with Crippen molar-refractivity contribution >= 4 is 15.5 Å². The van der Waals surface area contributed by atoms with Crippen LogP contribution in [0.5, 0.6) is 0 Å². The molecular weight excluding hydrogens is 228 g/mol. The van der Waals surface area contributed by atoms with Crippen molar-refractivity contribution in [3.05, 3.63) is 22.6 Å². The van der Waals surface area contributed by atoms with E-state index in [2.05, 4.69) is 0 Å². The van der Waals surface area contributed by atoms with Gasteiger partial charge < -0.3 is 10.3 Å². The second-order valence-corrected chi connectivity index (χ2v) is 5.75. The van der Waals surface area contributed by atoms with Gasteiger partial charge in [-0.2, -0.15) is 0 Å². The molecule has 0 unspecified atom stereocenters. The van der Waals surface area contributed by atoms with Crippen LogP contribution in [0.4, 0.5) is 5.69 Å². The van der Waals surface area contributed by atoms with Gasteiger partial charge in [-0.15, -0.1) is 0 Å². The summed E-state index contributed by atoms with van der Waals surface area (Å²) < 4.78 is 24.1. The fourth-order valence-corrected chi connectivity index (χ4v) is 2.18. The largest absolute Gasteiger partial charge is 0.398 e. The Labute approximate surface area is 94.8 Å². The highest BCUT2D eigenvalue weighted by Gasteiger charge is 2.14. The van der Waals surface area contributed by atoms with E-state index in [9.17, 15) is 13.2 Å². The third-order valence-corrected chi connectivity index (χ3v) is 3.32. The molecule has 0 radical (unpaired) electrons. The van der Waals surface area contributed by atoms with Gasteiger partial charge in [-0.1, -0.05) is 13.3 Å². The van der Waals surface area contributed by atoms with E-state index in [-0.39, 0.29) is 10.6 Å². The van der Waals surface area contributed by atoms with Crippen molar-refractivity contribution in [2.24, 2.45) is 0 Å². The van der Waals surface area contributed by atoms with Crippen LogP contribution >= 0.6 is 0 Å². The monoisotopic (exact) mass is 244 g/mol. The smallest absolute Gasteiger partial charge is 0.269 e. The van der Waals surface area contributed by atoms with E-state index in [0.717, 1.165) is 19.1 Å². The van der Waals surface area contributed by atoms with Gasteiger partial charge in [0.2, 0.25) is 0 Å². The number of hydrogen-bond donors (Lipinski definition) is 1. The number of rotatable bonds is 4. The van der Waals surface area contributed by atoms with Crippen LogP contribution < -0.4 is 11.3 Å². The van der Waals surface area contributed by atoms with Crippen molar-refractivity contribution in [2.45, 2.75) is 31.2 Å². The lowest BCUT2D eigenvalue weighted by Gasteiger charge is -2.08.